The van der Waals surface area contributed by atoms with E-state index in [1.807, 2.05) is 18.2 Å². The summed E-state index contributed by atoms with van der Waals surface area (Å²) in [6.07, 6.45) is 1.06. The number of piperidine rings is 1. The van der Waals surface area contributed by atoms with Gasteiger partial charge in [-0.25, -0.2) is 13.6 Å². The van der Waals surface area contributed by atoms with Crippen LogP contribution < -0.4 is 5.32 Å². The van der Waals surface area contributed by atoms with Crippen LogP contribution in [0.15, 0.2) is 24.3 Å². The number of alkyl halides is 2. The lowest BCUT2D eigenvalue weighted by molar-refractivity contribution is -0.136. The van der Waals surface area contributed by atoms with E-state index in [-0.39, 0.29) is 18.5 Å². The molecule has 9 heteroatoms. The number of carbonyl (C=O) groups excluding carboxylic acids is 2. The Balaban J connectivity index is 1.32. The van der Waals surface area contributed by atoms with E-state index < -0.39 is 17.7 Å². The van der Waals surface area contributed by atoms with Crippen LogP contribution >= 0.6 is 11.6 Å². The number of hydrogen-bond acceptors (Lipinski definition) is 2. The lowest BCUT2D eigenvalue weighted by Crippen LogP contribution is -2.53. The van der Waals surface area contributed by atoms with Gasteiger partial charge in [-0.1, -0.05) is 11.6 Å². The van der Waals surface area contributed by atoms with Crippen molar-refractivity contribution in [3.8, 4) is 0 Å². The fourth-order valence-corrected chi connectivity index (χ4v) is 4.07. The molecule has 2 heterocycles. The lowest BCUT2D eigenvalue weighted by atomic mass is 10.0. The highest BCUT2D eigenvalue weighted by atomic mass is 35.5. The molecule has 1 aliphatic carbocycles. The third-order valence-electron chi connectivity index (χ3n) is 5.77. The average Bonchev–Trinajstić information content (AvgIpc) is 3.15. The lowest BCUT2D eigenvalue weighted by Gasteiger charge is -2.37. The van der Waals surface area contributed by atoms with E-state index in [1.165, 1.54) is 4.90 Å². The molecule has 6 nitrogen and oxygen atoms in total. The summed E-state index contributed by atoms with van der Waals surface area (Å²) in [6.45, 7) is 1.08. The van der Waals surface area contributed by atoms with Crippen LogP contribution in [0.25, 0.3) is 10.9 Å². The Kier molecular flexibility index (Phi) is 5.14. The number of likely N-dealkylation sites (N-methyl/N-ethyl adjacent to an activating group) is 1. The summed E-state index contributed by atoms with van der Waals surface area (Å²) >= 11 is 6.00. The molecule has 29 heavy (non-hydrogen) atoms. The summed E-state index contributed by atoms with van der Waals surface area (Å²) in [7, 11) is 1.67. The number of likely N-dealkylation sites (tertiary alicyclic amines) is 1. The zero-order valence-electron chi connectivity index (χ0n) is 16.1. The first-order valence-electron chi connectivity index (χ1n) is 9.69. The summed E-state index contributed by atoms with van der Waals surface area (Å²) in [5.74, 6) is -4.54. The predicted octanol–water partition coefficient (Wildman–Crippen LogP) is 3.61. The molecular formula is C20H23ClF2N4O2. The monoisotopic (exact) mass is 424 g/mol. The number of fused-ring (bicyclic) bond motifs is 1. The molecule has 1 aromatic heterocycles. The maximum absolute atomic E-state index is 13.2. The van der Waals surface area contributed by atoms with Crippen LogP contribution in [-0.4, -0.2) is 58.8 Å². The Morgan fingerprint density at radius 3 is 2.86 bits per heavy atom. The van der Waals surface area contributed by atoms with Gasteiger partial charge in [-0.05, 0) is 37.1 Å². The van der Waals surface area contributed by atoms with Gasteiger partial charge in [0.05, 0.1) is 12.6 Å². The molecule has 3 amide bonds. The summed E-state index contributed by atoms with van der Waals surface area (Å²) in [4.78, 5) is 31.1. The molecule has 1 aliphatic heterocycles. The molecule has 2 aliphatic rings. The number of hydrogen-bond donors (Lipinski definition) is 2. The van der Waals surface area contributed by atoms with E-state index in [0.717, 1.165) is 23.0 Å². The standard InChI is InChI=1S/C20H23ClF2N4O2/c1-26(15-3-2-6-27(11-15)18(28)16-9-20(16,22)23)19(29)24-10-14-8-12-7-13(21)4-5-17(12)25-14/h4-5,7-8,15-16,25H,2-3,6,9-11H2,1H3,(H,24,29)/t15-,16?/m1/s1. The molecule has 0 radical (unpaired) electrons. The molecule has 4 rings (SSSR count). The highest BCUT2D eigenvalue weighted by Gasteiger charge is 2.62. The summed E-state index contributed by atoms with van der Waals surface area (Å²) < 4.78 is 26.4. The first-order chi connectivity index (χ1) is 13.7. The predicted molar refractivity (Wildman–Crippen MR) is 106 cm³/mol. The van der Waals surface area contributed by atoms with Crippen LogP contribution in [0.2, 0.25) is 5.02 Å². The minimum absolute atomic E-state index is 0.193. The number of aromatic amines is 1. The van der Waals surface area contributed by atoms with Gasteiger partial charge in [-0.2, -0.15) is 0 Å². The van der Waals surface area contributed by atoms with Crippen molar-refractivity contribution in [3.05, 3.63) is 35.0 Å². The number of benzene rings is 1. The number of halogens is 3. The zero-order chi connectivity index (χ0) is 20.8. The van der Waals surface area contributed by atoms with Crippen LogP contribution in [-0.2, 0) is 11.3 Å². The fraction of sp³-hybridized carbons (Fsp3) is 0.500. The number of aromatic nitrogens is 1. The van der Waals surface area contributed by atoms with Crippen LogP contribution in [0.5, 0.6) is 0 Å². The zero-order valence-corrected chi connectivity index (χ0v) is 16.8. The molecule has 1 saturated heterocycles. The SMILES string of the molecule is CN(C(=O)NCc1cc2cc(Cl)ccc2[nH]1)[C@@H]1CCCN(C(=O)C2CC2(F)F)C1. The minimum atomic E-state index is -2.86. The highest BCUT2D eigenvalue weighted by molar-refractivity contribution is 6.31. The maximum Gasteiger partial charge on any atom is 0.317 e. The Bertz CT molecular complexity index is 948. The molecule has 2 N–H and O–H groups in total. The average molecular weight is 425 g/mol. The van der Waals surface area contributed by atoms with E-state index in [9.17, 15) is 18.4 Å². The van der Waals surface area contributed by atoms with Crippen molar-refractivity contribution < 1.29 is 18.4 Å². The van der Waals surface area contributed by atoms with Gasteiger partial charge >= 0.3 is 6.03 Å². The van der Waals surface area contributed by atoms with Crippen LogP contribution in [0, 0.1) is 5.92 Å². The van der Waals surface area contributed by atoms with E-state index in [4.69, 9.17) is 11.6 Å². The van der Waals surface area contributed by atoms with E-state index in [2.05, 4.69) is 10.3 Å². The second-order valence-corrected chi connectivity index (χ2v) is 8.33. The Morgan fingerprint density at radius 1 is 1.38 bits per heavy atom. The van der Waals surface area contributed by atoms with Crippen molar-refractivity contribution >= 4 is 34.4 Å². The van der Waals surface area contributed by atoms with Gasteiger partial charge in [0, 0.05) is 48.2 Å². The van der Waals surface area contributed by atoms with Crippen molar-refractivity contribution in [1.29, 1.82) is 0 Å². The van der Waals surface area contributed by atoms with Gasteiger partial charge < -0.3 is 20.1 Å². The largest absolute Gasteiger partial charge is 0.357 e. The normalized spacial score (nSPS) is 23.1. The van der Waals surface area contributed by atoms with Crippen molar-refractivity contribution in [1.82, 2.24) is 20.1 Å². The van der Waals surface area contributed by atoms with Crippen molar-refractivity contribution in [2.24, 2.45) is 5.92 Å². The summed E-state index contributed by atoms with van der Waals surface area (Å²) in [5.41, 5.74) is 1.78. The first-order valence-corrected chi connectivity index (χ1v) is 10.1. The van der Waals surface area contributed by atoms with Gasteiger partial charge in [0.2, 0.25) is 5.91 Å². The molecule has 2 atom stereocenters. The number of carbonyl (C=O) groups is 2. The van der Waals surface area contributed by atoms with Crippen molar-refractivity contribution in [3.63, 3.8) is 0 Å². The van der Waals surface area contributed by atoms with Gasteiger partial charge in [-0.15, -0.1) is 0 Å². The van der Waals surface area contributed by atoms with Gasteiger partial charge in [-0.3, -0.25) is 4.79 Å². The van der Waals surface area contributed by atoms with E-state index in [0.29, 0.717) is 31.1 Å². The Labute approximate surface area is 172 Å². The molecule has 1 saturated carbocycles. The summed E-state index contributed by atoms with van der Waals surface area (Å²) in [5, 5.41) is 4.47. The second kappa shape index (κ2) is 7.48. The molecule has 0 bridgehead atoms. The number of amides is 3. The Hall–Kier alpha value is -2.35. The van der Waals surface area contributed by atoms with Crippen LogP contribution in [0.1, 0.15) is 25.0 Å². The van der Waals surface area contributed by atoms with E-state index in [1.54, 1.807) is 18.0 Å². The summed E-state index contributed by atoms with van der Waals surface area (Å²) in [6, 6.07) is 7.00. The highest BCUT2D eigenvalue weighted by Crippen LogP contribution is 2.49. The second-order valence-electron chi connectivity index (χ2n) is 7.89. The van der Waals surface area contributed by atoms with Crippen molar-refractivity contribution in [2.45, 2.75) is 37.8 Å². The number of H-pyrrole nitrogens is 1. The quantitative estimate of drug-likeness (QED) is 0.787. The van der Waals surface area contributed by atoms with Gasteiger partial charge in [0.1, 0.15) is 5.92 Å². The smallest absolute Gasteiger partial charge is 0.317 e. The number of nitrogens with zero attached hydrogens (tertiary/aromatic N) is 2. The van der Waals surface area contributed by atoms with Crippen molar-refractivity contribution in [2.75, 3.05) is 20.1 Å². The van der Waals surface area contributed by atoms with Gasteiger partial charge in [0.15, 0.2) is 0 Å². The number of urea groups is 1. The molecule has 1 unspecified atom stereocenters. The maximum atomic E-state index is 13.2. The number of rotatable bonds is 4. The third-order valence-corrected chi connectivity index (χ3v) is 6.00. The molecule has 2 fully saturated rings. The first kappa shape index (κ1) is 19.9. The Morgan fingerprint density at radius 2 is 2.14 bits per heavy atom. The van der Waals surface area contributed by atoms with Crippen LogP contribution in [0.3, 0.4) is 0 Å². The van der Waals surface area contributed by atoms with E-state index >= 15 is 0 Å². The topological polar surface area (TPSA) is 68.4 Å². The molecule has 1 aromatic carbocycles. The van der Waals surface area contributed by atoms with Gasteiger partial charge in [0.25, 0.3) is 5.92 Å². The molecule has 0 spiro atoms. The van der Waals surface area contributed by atoms with Crippen LogP contribution in [0.4, 0.5) is 13.6 Å². The number of nitrogens with one attached hydrogen (secondary N) is 2. The molecule has 2 aromatic rings. The molecule has 156 valence electrons. The fourth-order valence-electron chi connectivity index (χ4n) is 3.89. The molecular weight excluding hydrogens is 402 g/mol. The minimum Gasteiger partial charge on any atom is -0.357 e. The third kappa shape index (κ3) is 4.17.